The summed E-state index contributed by atoms with van der Waals surface area (Å²) in [6, 6.07) is 7.73. The molecule has 3 N–H and O–H groups in total. The Bertz CT molecular complexity index is 423. The molecule has 65 valence electrons. The van der Waals surface area contributed by atoms with Crippen molar-refractivity contribution in [2.45, 2.75) is 0 Å². The van der Waals surface area contributed by atoms with Crippen molar-refractivity contribution in [3.63, 3.8) is 0 Å². The number of nitrogens with one attached hydrogen (secondary N) is 1. The number of benzene rings is 1. The van der Waals surface area contributed by atoms with Gasteiger partial charge in [-0.05, 0) is 0 Å². The van der Waals surface area contributed by atoms with Gasteiger partial charge in [0, 0.05) is 0 Å². The van der Waals surface area contributed by atoms with E-state index in [0.29, 0.717) is 10.7 Å². The van der Waals surface area contributed by atoms with Gasteiger partial charge in [0.1, 0.15) is 0 Å². The molecule has 0 atom stereocenters. The Labute approximate surface area is 83.1 Å². The van der Waals surface area contributed by atoms with Crippen molar-refractivity contribution in [2.75, 3.05) is 0 Å². The molecule has 0 unspecified atom stereocenters. The van der Waals surface area contributed by atoms with E-state index in [1.54, 1.807) is 0 Å². The molecule has 0 amide bonds. The summed E-state index contributed by atoms with van der Waals surface area (Å²) in [5.74, 6) is 0.525. The van der Waals surface area contributed by atoms with Gasteiger partial charge in [-0.1, -0.05) is 0 Å². The number of hydrogen-bond donors (Lipinski definition) is 2. The van der Waals surface area contributed by atoms with E-state index in [4.69, 9.17) is 5.73 Å². The second-order valence-electron chi connectivity index (χ2n) is 2.53. The van der Waals surface area contributed by atoms with Crippen molar-refractivity contribution in [3.8, 4) is 0 Å². The van der Waals surface area contributed by atoms with Crippen LogP contribution in [-0.2, 0) is 0 Å². The van der Waals surface area contributed by atoms with Crippen LogP contribution in [0.1, 0.15) is 0 Å². The molecule has 1 aromatic heterocycles. The van der Waals surface area contributed by atoms with Crippen LogP contribution in [0.2, 0.25) is 0 Å². The number of imidazole rings is 1. The molecule has 5 heteroatoms. The number of aromatic nitrogens is 2. The Morgan fingerprint density at radius 3 is 2.92 bits per heavy atom. The number of hydrogen-bond acceptors (Lipinski definition) is 2. The maximum absolute atomic E-state index is 5.38. The molecule has 1 aromatic carbocycles. The van der Waals surface area contributed by atoms with E-state index in [1.807, 2.05) is 24.3 Å². The maximum atomic E-state index is 5.38. The number of nitrogens with two attached hydrogens (primary N) is 1. The molecule has 0 aliphatic carbocycles. The Morgan fingerprint density at radius 1 is 1.46 bits per heavy atom. The van der Waals surface area contributed by atoms with Crippen LogP contribution in [0.25, 0.3) is 11.0 Å². The minimum absolute atomic E-state index is 0.374. The summed E-state index contributed by atoms with van der Waals surface area (Å²) in [4.78, 5) is 11.2. The quantitative estimate of drug-likeness (QED) is 0.435. The molecule has 0 saturated heterocycles. The van der Waals surface area contributed by atoms with Gasteiger partial charge in [-0.3, -0.25) is 0 Å². The third-order valence-corrected chi connectivity index (χ3v) is 1.78. The van der Waals surface area contributed by atoms with Crippen molar-refractivity contribution in [3.05, 3.63) is 24.3 Å². The Morgan fingerprint density at radius 2 is 2.23 bits per heavy atom. The number of nitrogens with zero attached hydrogens (tertiary/aromatic N) is 2. The van der Waals surface area contributed by atoms with Crippen LogP contribution in [0, 0.1) is 0 Å². The number of H-pyrrole nitrogens is 1. The molecule has 2 aromatic rings. The van der Waals surface area contributed by atoms with Crippen LogP contribution < -0.4 is 5.73 Å². The summed E-state index contributed by atoms with van der Waals surface area (Å²) in [7, 11) is 0. The monoisotopic (exact) mass is 239 g/mol. The minimum atomic E-state index is 0.374. The summed E-state index contributed by atoms with van der Waals surface area (Å²) in [6.07, 6.45) is 0. The first-order valence-electron chi connectivity index (χ1n) is 3.71. The molecule has 0 fully saturated rings. The molecular formula is C8H7N4Se. The van der Waals surface area contributed by atoms with E-state index in [-0.39, 0.29) is 0 Å². The van der Waals surface area contributed by atoms with Gasteiger partial charge in [0.25, 0.3) is 0 Å². The van der Waals surface area contributed by atoms with Crippen LogP contribution in [0.4, 0.5) is 5.95 Å². The fourth-order valence-corrected chi connectivity index (χ4v) is 1.28. The topological polar surface area (TPSA) is 67.1 Å². The SMILES string of the molecule is NC([Se])=Nc1nc2ccccc2[nH]1. The second kappa shape index (κ2) is 3.20. The predicted molar refractivity (Wildman–Crippen MR) is 53.1 cm³/mol. The van der Waals surface area contributed by atoms with Gasteiger partial charge in [0.05, 0.1) is 0 Å². The standard InChI is InChI=1S/C8H7N4Se/c9-7(13)12-8-10-5-3-1-2-4-6(5)11-8/h1-4H,(H3,9,10,11,12). The summed E-state index contributed by atoms with van der Waals surface area (Å²) >= 11 is 2.60. The average Bonchev–Trinajstić information content (AvgIpc) is 2.44. The molecule has 0 aliphatic heterocycles. The van der Waals surface area contributed by atoms with Gasteiger partial charge in [-0.15, -0.1) is 0 Å². The van der Waals surface area contributed by atoms with Gasteiger partial charge < -0.3 is 0 Å². The van der Waals surface area contributed by atoms with Crippen molar-refractivity contribution in [1.82, 2.24) is 9.97 Å². The first-order chi connectivity index (χ1) is 6.25. The summed E-state index contributed by atoms with van der Waals surface area (Å²) < 4.78 is 0.374. The summed E-state index contributed by atoms with van der Waals surface area (Å²) in [5, 5.41) is 0. The molecule has 4 nitrogen and oxygen atoms in total. The number of rotatable bonds is 1. The Kier molecular flexibility index (Phi) is 2.04. The summed E-state index contributed by atoms with van der Waals surface area (Å²) in [6.45, 7) is 0. The molecular weight excluding hydrogens is 231 g/mol. The molecule has 2 rings (SSSR count). The molecule has 13 heavy (non-hydrogen) atoms. The third-order valence-electron chi connectivity index (χ3n) is 1.59. The Hall–Kier alpha value is -1.32. The fourth-order valence-electron chi connectivity index (χ4n) is 1.10. The number of para-hydroxylation sites is 2. The first kappa shape index (κ1) is 8.29. The van der Waals surface area contributed by atoms with E-state index in [1.165, 1.54) is 0 Å². The van der Waals surface area contributed by atoms with E-state index in [0.717, 1.165) is 11.0 Å². The molecule has 1 heterocycles. The van der Waals surface area contributed by atoms with Gasteiger partial charge in [0.15, 0.2) is 0 Å². The van der Waals surface area contributed by atoms with E-state index >= 15 is 0 Å². The fraction of sp³-hybridized carbons (Fsp3) is 0. The zero-order valence-electron chi connectivity index (χ0n) is 6.69. The van der Waals surface area contributed by atoms with Crippen LogP contribution in [0.15, 0.2) is 29.3 Å². The normalized spacial score (nSPS) is 12.2. The van der Waals surface area contributed by atoms with Gasteiger partial charge >= 0.3 is 82.7 Å². The van der Waals surface area contributed by atoms with Crippen LogP contribution >= 0.6 is 0 Å². The van der Waals surface area contributed by atoms with Gasteiger partial charge in [-0.2, -0.15) is 0 Å². The number of aromatic amines is 1. The predicted octanol–water partition coefficient (Wildman–Crippen LogP) is 0.678. The first-order valence-corrected chi connectivity index (χ1v) is 4.57. The second-order valence-corrected chi connectivity index (χ2v) is 3.41. The molecule has 0 spiro atoms. The van der Waals surface area contributed by atoms with Gasteiger partial charge in [0.2, 0.25) is 0 Å². The van der Waals surface area contributed by atoms with Crippen LogP contribution in [-0.4, -0.2) is 30.7 Å². The third kappa shape index (κ3) is 1.71. The average molecular weight is 238 g/mol. The van der Waals surface area contributed by atoms with Crippen molar-refractivity contribution >= 4 is 37.7 Å². The van der Waals surface area contributed by atoms with Gasteiger partial charge in [-0.25, -0.2) is 0 Å². The zero-order valence-corrected chi connectivity index (χ0v) is 8.40. The van der Waals surface area contributed by atoms with Crippen molar-refractivity contribution < 1.29 is 0 Å². The van der Waals surface area contributed by atoms with E-state index in [9.17, 15) is 0 Å². The molecule has 0 saturated carbocycles. The number of fused-ring (bicyclic) bond motifs is 1. The Balaban J connectivity index is 2.56. The number of amidine groups is 1. The zero-order chi connectivity index (χ0) is 9.26. The van der Waals surface area contributed by atoms with Crippen LogP contribution in [0.3, 0.4) is 0 Å². The van der Waals surface area contributed by atoms with E-state index in [2.05, 4.69) is 31.0 Å². The van der Waals surface area contributed by atoms with Crippen molar-refractivity contribution in [2.24, 2.45) is 10.7 Å². The molecule has 0 bridgehead atoms. The summed E-state index contributed by atoms with van der Waals surface area (Å²) in [5.41, 5.74) is 7.23. The van der Waals surface area contributed by atoms with Crippen molar-refractivity contribution in [1.29, 1.82) is 0 Å². The number of aliphatic imine (C=N–C) groups is 1. The van der Waals surface area contributed by atoms with E-state index < -0.39 is 0 Å². The molecule has 1 radical (unpaired) electrons. The molecule has 0 aliphatic rings. The van der Waals surface area contributed by atoms with Crippen LogP contribution in [0.5, 0.6) is 0 Å².